The second-order valence-electron chi connectivity index (χ2n) is 24.2. The zero-order valence-electron chi connectivity index (χ0n) is 55.9. The Labute approximate surface area is 580 Å². The van der Waals surface area contributed by atoms with Crippen LogP contribution in [0.15, 0.2) is 180 Å². The maximum absolute atomic E-state index is 15.5. The van der Waals surface area contributed by atoms with Crippen molar-refractivity contribution in [1.29, 1.82) is 0 Å². The molecule has 0 fully saturated rings. The third-order valence-electron chi connectivity index (χ3n) is 16.7. The Morgan fingerprint density at radius 1 is 0.451 bits per heavy atom. The quantitative estimate of drug-likeness (QED) is 0.0263. The van der Waals surface area contributed by atoms with Crippen LogP contribution in [0.1, 0.15) is 79.6 Å². The second kappa shape index (κ2) is 31.2. The molecule has 0 saturated heterocycles. The summed E-state index contributed by atoms with van der Waals surface area (Å²) < 4.78 is 70.2. The summed E-state index contributed by atoms with van der Waals surface area (Å²) >= 11 is 0. The summed E-state index contributed by atoms with van der Waals surface area (Å²) in [5.41, 5.74) is 3.10. The van der Waals surface area contributed by atoms with Crippen molar-refractivity contribution in [3.8, 4) is 22.5 Å². The molecule has 0 aliphatic carbocycles. The lowest BCUT2D eigenvalue weighted by molar-refractivity contribution is 0.0939. The van der Waals surface area contributed by atoms with Gasteiger partial charge in [-0.25, -0.2) is 45.9 Å². The molecule has 0 saturated carbocycles. The van der Waals surface area contributed by atoms with E-state index < -0.39 is 71.4 Å². The molecule has 12 rings (SSSR count). The number of halogens is 4. The van der Waals surface area contributed by atoms with Crippen LogP contribution in [0.5, 0.6) is 0 Å². The third kappa shape index (κ3) is 16.0. The molecule has 12 aromatic rings. The Kier molecular flexibility index (Phi) is 21.2. The highest BCUT2D eigenvalue weighted by molar-refractivity contribution is 5.95. The molecule has 0 atom stereocenters. The first-order valence-electron chi connectivity index (χ1n) is 32.6. The molecule has 30 heteroatoms. The fourth-order valence-electron chi connectivity index (χ4n) is 11.8. The number of hydrogen-bond donors (Lipinski definition) is 6. The van der Waals surface area contributed by atoms with Crippen LogP contribution in [-0.4, -0.2) is 119 Å². The van der Waals surface area contributed by atoms with Crippen molar-refractivity contribution in [1.82, 2.24) is 89.0 Å². The monoisotopic (exact) mass is 1390 g/mol. The molecular weight excluding hydrogens is 1320 g/mol. The standard InChI is InChI=1S/C72H70F4N20O6/c1-5-77-69(101)81-49-27-23-47(24-28-49)63-61(43-89(3)35-45-15-9-7-10-16-45)95-67(99)55(41-91(71(95)83-63)39-53-57(73)19-13-20-58(53)74)65(97)79-33-51-37-93(87-85-51)31-32-94-38-52(86-88-94)34-80-66(98)56-42-92(40-54-59(75)21-14-22-60(54)76)72-84-64(48-25-29-50(30-26-48)82-70(102)78-6-2)62(96(72)68(56)100)44-90(4)36-46-17-11-8-12-18-46/h7-30,37-38,41-42H,5-6,31-36,39-40,43-44H2,1-4H3,(H,79,97)(H,80,98)(H2,77,81,101)(H2,78,82,102). The number of carbonyl (C=O) groups excluding carboxylic acids is 4. The molecule has 0 bridgehead atoms. The molecule has 6 heterocycles. The number of anilines is 2. The van der Waals surface area contributed by atoms with Crippen LogP contribution in [0.4, 0.5) is 38.5 Å². The first-order chi connectivity index (χ1) is 49.4. The maximum atomic E-state index is 15.5. The van der Waals surface area contributed by atoms with Gasteiger partial charge in [-0.2, -0.15) is 0 Å². The van der Waals surface area contributed by atoms with Gasteiger partial charge in [0.15, 0.2) is 0 Å². The topological polar surface area (TPSA) is 287 Å². The molecule has 6 aromatic heterocycles. The highest BCUT2D eigenvalue weighted by Gasteiger charge is 2.28. The van der Waals surface area contributed by atoms with Crippen LogP contribution in [0.25, 0.3) is 34.1 Å². The SMILES string of the molecule is CCNC(=O)Nc1ccc(-c2nc3n(Cc4c(F)cccc4F)cc(C(=O)NCc4cn(CCn5cc(CNC(=O)c6cn(Cc7c(F)cccc7F)c7nc(-c8ccc(NC(=O)NCC)cc8)c(CN(C)Cc8ccccc8)n7c6=O)nn5)nn4)c(=O)n3c2CN(C)Cc2ccccc2)cc1. The van der Waals surface area contributed by atoms with E-state index in [2.05, 4.69) is 52.5 Å². The number of hydrogen-bond acceptors (Lipinski definition) is 14. The van der Waals surface area contributed by atoms with Crippen LogP contribution in [-0.2, 0) is 65.4 Å². The largest absolute Gasteiger partial charge is 0.346 e. The van der Waals surface area contributed by atoms with Crippen molar-refractivity contribution >= 4 is 46.8 Å². The van der Waals surface area contributed by atoms with E-state index in [0.29, 0.717) is 82.8 Å². The molecule has 102 heavy (non-hydrogen) atoms. The van der Waals surface area contributed by atoms with Gasteiger partial charge in [-0.05, 0) is 87.6 Å². The average molecular weight is 1390 g/mol. The Morgan fingerprint density at radius 2 is 0.824 bits per heavy atom. The van der Waals surface area contributed by atoms with Gasteiger partial charge in [0.1, 0.15) is 45.8 Å². The molecule has 6 amide bonds. The normalized spacial score (nSPS) is 11.4. The highest BCUT2D eigenvalue weighted by atomic mass is 19.1. The predicted molar refractivity (Wildman–Crippen MR) is 372 cm³/mol. The molecule has 0 spiro atoms. The summed E-state index contributed by atoms with van der Waals surface area (Å²) in [4.78, 5) is 97.3. The molecule has 6 N–H and O–H groups in total. The Bertz CT molecular complexity index is 4810. The third-order valence-corrected chi connectivity index (χ3v) is 16.7. The van der Waals surface area contributed by atoms with E-state index in [-0.39, 0.29) is 73.1 Å². The van der Waals surface area contributed by atoms with Crippen LogP contribution in [0.2, 0.25) is 0 Å². The Balaban J connectivity index is 0.769. The fourth-order valence-corrected chi connectivity index (χ4v) is 11.8. The van der Waals surface area contributed by atoms with Gasteiger partial charge in [0.05, 0.1) is 74.4 Å². The molecule has 0 unspecified atom stereocenters. The van der Waals surface area contributed by atoms with E-state index in [4.69, 9.17) is 9.97 Å². The second-order valence-corrected chi connectivity index (χ2v) is 24.2. The molecule has 0 radical (unpaired) electrons. The number of benzene rings is 6. The number of nitrogens with zero attached hydrogens (tertiary/aromatic N) is 14. The minimum absolute atomic E-state index is 0.0000415. The average Bonchev–Trinajstić information content (AvgIpc) is 1.61. The number of fused-ring (bicyclic) bond motifs is 2. The van der Waals surface area contributed by atoms with Crippen LogP contribution in [0, 0.1) is 23.3 Å². The molecule has 0 aliphatic rings. The fraction of sp³-hybridized carbons (Fsp3) is 0.222. The lowest BCUT2D eigenvalue weighted by atomic mass is 10.1. The number of aryl methyl sites for hydroxylation is 2. The van der Waals surface area contributed by atoms with Crippen molar-refractivity contribution < 1.29 is 36.7 Å². The number of urea groups is 2. The van der Waals surface area contributed by atoms with E-state index >= 15 is 17.6 Å². The molecule has 522 valence electrons. The molecule has 0 aliphatic heterocycles. The lowest BCUT2D eigenvalue weighted by Gasteiger charge is -2.18. The Morgan fingerprint density at radius 3 is 1.19 bits per heavy atom. The first kappa shape index (κ1) is 69.5. The van der Waals surface area contributed by atoms with Gasteiger partial charge in [-0.3, -0.25) is 38.3 Å². The summed E-state index contributed by atoms with van der Waals surface area (Å²) in [6, 6.07) is 39.0. The number of nitrogens with one attached hydrogen (secondary N) is 6. The van der Waals surface area contributed by atoms with Crippen molar-refractivity contribution in [2.45, 2.75) is 79.3 Å². The summed E-state index contributed by atoms with van der Waals surface area (Å²) in [6.45, 7) is 4.58. The first-order valence-corrected chi connectivity index (χ1v) is 32.6. The highest BCUT2D eigenvalue weighted by Crippen LogP contribution is 2.31. The zero-order valence-corrected chi connectivity index (χ0v) is 55.9. The van der Waals surface area contributed by atoms with Crippen molar-refractivity contribution in [3.63, 3.8) is 0 Å². The van der Waals surface area contributed by atoms with Gasteiger partial charge in [0.2, 0.25) is 11.6 Å². The van der Waals surface area contributed by atoms with E-state index in [1.165, 1.54) is 51.8 Å². The minimum atomic E-state index is -0.853. The van der Waals surface area contributed by atoms with E-state index in [9.17, 15) is 28.8 Å². The van der Waals surface area contributed by atoms with Gasteiger partial charge >= 0.3 is 12.1 Å². The van der Waals surface area contributed by atoms with Crippen LogP contribution >= 0.6 is 0 Å². The van der Waals surface area contributed by atoms with Crippen molar-refractivity contribution in [2.75, 3.05) is 37.8 Å². The Hall–Kier alpha value is -12.4. The van der Waals surface area contributed by atoms with Crippen molar-refractivity contribution in [2.24, 2.45) is 0 Å². The van der Waals surface area contributed by atoms with Gasteiger partial charge < -0.3 is 41.0 Å². The summed E-state index contributed by atoms with van der Waals surface area (Å²) in [5, 5.41) is 33.3. The van der Waals surface area contributed by atoms with Gasteiger partial charge in [0, 0.05) is 85.3 Å². The van der Waals surface area contributed by atoms with Crippen LogP contribution in [0.3, 0.4) is 0 Å². The molecular formula is C72H70F4N20O6. The zero-order chi connectivity index (χ0) is 71.6. The molecule has 26 nitrogen and oxygen atoms in total. The molecule has 6 aromatic carbocycles. The minimum Gasteiger partial charge on any atom is -0.346 e. The van der Waals surface area contributed by atoms with E-state index in [1.807, 2.05) is 84.6 Å². The van der Waals surface area contributed by atoms with Crippen LogP contribution < -0.4 is 43.0 Å². The van der Waals surface area contributed by atoms with Gasteiger partial charge in [0.25, 0.3) is 22.9 Å². The van der Waals surface area contributed by atoms with E-state index in [1.54, 1.807) is 74.8 Å². The summed E-state index contributed by atoms with van der Waals surface area (Å²) in [6.07, 6.45) is 5.58. The van der Waals surface area contributed by atoms with E-state index in [0.717, 1.165) is 35.4 Å². The number of amides is 6. The van der Waals surface area contributed by atoms with Gasteiger partial charge in [-0.1, -0.05) is 107 Å². The maximum Gasteiger partial charge on any atom is 0.319 e. The van der Waals surface area contributed by atoms with Crippen molar-refractivity contribution in [3.05, 3.63) is 271 Å². The summed E-state index contributed by atoms with van der Waals surface area (Å²) in [5.74, 6) is -5.08. The smallest absolute Gasteiger partial charge is 0.319 e. The predicted octanol–water partition coefficient (Wildman–Crippen LogP) is 8.58. The lowest BCUT2D eigenvalue weighted by Crippen LogP contribution is -2.34. The number of aromatic nitrogens is 12. The number of carbonyl (C=O) groups is 4. The number of rotatable bonds is 27. The van der Waals surface area contributed by atoms with Gasteiger partial charge in [-0.15, -0.1) is 10.2 Å². The number of imidazole rings is 2. The summed E-state index contributed by atoms with van der Waals surface area (Å²) in [7, 11) is 3.71.